The van der Waals surface area contributed by atoms with Gasteiger partial charge in [-0.05, 0) is 24.3 Å². The maximum absolute atomic E-state index is 10.4. The highest BCUT2D eigenvalue weighted by atomic mass is 35.5. The van der Waals surface area contributed by atoms with Gasteiger partial charge in [-0.15, -0.1) is 24.8 Å². The Kier molecular flexibility index (Phi) is 7.37. The number of halogens is 2. The number of benzene rings is 1. The average Bonchev–Trinajstić information content (AvgIpc) is 2.04. The van der Waals surface area contributed by atoms with Crippen molar-refractivity contribution in [1.29, 1.82) is 0 Å². The minimum Gasteiger partial charge on any atom is -0.478 e. The smallest absolute Gasteiger partial charge is 0.335 e. The second-order valence-electron chi connectivity index (χ2n) is 2.39. The van der Waals surface area contributed by atoms with Gasteiger partial charge in [0.2, 0.25) is 0 Å². The van der Waals surface area contributed by atoms with Crippen LogP contribution in [0.15, 0.2) is 29.3 Å². The summed E-state index contributed by atoms with van der Waals surface area (Å²) < 4.78 is 0. The predicted molar refractivity (Wildman–Crippen MR) is 63.4 cm³/mol. The first-order valence-corrected chi connectivity index (χ1v) is 3.52. The van der Waals surface area contributed by atoms with E-state index < -0.39 is 5.97 Å². The number of nitrogens with two attached hydrogens (primary N) is 2. The van der Waals surface area contributed by atoms with Crippen LogP contribution in [0.1, 0.15) is 10.4 Å². The van der Waals surface area contributed by atoms with E-state index >= 15 is 0 Å². The lowest BCUT2D eigenvalue weighted by molar-refractivity contribution is 0.0697. The summed E-state index contributed by atoms with van der Waals surface area (Å²) in [6.07, 6.45) is 0. The van der Waals surface area contributed by atoms with Crippen molar-refractivity contribution in [2.45, 2.75) is 0 Å². The zero-order valence-electron chi connectivity index (χ0n) is 7.58. The number of guanidine groups is 1. The van der Waals surface area contributed by atoms with Gasteiger partial charge in [-0.1, -0.05) is 0 Å². The van der Waals surface area contributed by atoms with E-state index in [0.29, 0.717) is 5.69 Å². The molecule has 1 aromatic rings. The number of rotatable bonds is 2. The molecule has 5 N–H and O–H groups in total. The largest absolute Gasteiger partial charge is 0.478 e. The van der Waals surface area contributed by atoms with Gasteiger partial charge in [0.1, 0.15) is 0 Å². The Morgan fingerprint density at radius 2 is 1.60 bits per heavy atom. The highest BCUT2D eigenvalue weighted by Gasteiger charge is 2.00. The summed E-state index contributed by atoms with van der Waals surface area (Å²) in [6.45, 7) is 0. The zero-order chi connectivity index (χ0) is 9.84. The van der Waals surface area contributed by atoms with E-state index in [1.54, 1.807) is 0 Å². The van der Waals surface area contributed by atoms with Crippen molar-refractivity contribution in [1.82, 2.24) is 0 Å². The van der Waals surface area contributed by atoms with Crippen LogP contribution >= 0.6 is 24.8 Å². The van der Waals surface area contributed by atoms with E-state index in [-0.39, 0.29) is 36.3 Å². The normalized spacial score (nSPS) is 8.00. The quantitative estimate of drug-likeness (QED) is 0.542. The van der Waals surface area contributed by atoms with Crippen LogP contribution < -0.4 is 11.5 Å². The standard InChI is InChI=1S/C8H9N3O2.2ClH/c9-8(10)11-6-3-1-5(2-4-6)7(12)13;;/h1-4H,(H,12,13)(H4,9,10,11);2*1H. The average molecular weight is 252 g/mol. The number of nitrogens with zero attached hydrogens (tertiary/aromatic N) is 1. The van der Waals surface area contributed by atoms with Crippen LogP contribution in [0, 0.1) is 0 Å². The molecule has 15 heavy (non-hydrogen) atoms. The van der Waals surface area contributed by atoms with Gasteiger partial charge < -0.3 is 16.6 Å². The first-order chi connectivity index (χ1) is 6.09. The third kappa shape index (κ3) is 5.09. The highest BCUT2D eigenvalue weighted by molar-refractivity contribution is 5.88. The lowest BCUT2D eigenvalue weighted by Crippen LogP contribution is -2.21. The molecule has 0 aliphatic carbocycles. The van der Waals surface area contributed by atoms with E-state index in [1.807, 2.05) is 0 Å². The fraction of sp³-hybridized carbons (Fsp3) is 0. The summed E-state index contributed by atoms with van der Waals surface area (Å²) in [5.74, 6) is -1.03. The van der Waals surface area contributed by atoms with Crippen LogP contribution in [0.2, 0.25) is 0 Å². The molecule has 7 heteroatoms. The van der Waals surface area contributed by atoms with Crippen molar-refractivity contribution in [2.24, 2.45) is 16.5 Å². The minimum atomic E-state index is -0.976. The number of hydrogen-bond donors (Lipinski definition) is 3. The van der Waals surface area contributed by atoms with Gasteiger partial charge >= 0.3 is 5.97 Å². The Hall–Kier alpha value is -1.46. The molecule has 0 heterocycles. The van der Waals surface area contributed by atoms with Gasteiger partial charge in [0.05, 0.1) is 11.3 Å². The Morgan fingerprint density at radius 1 is 1.13 bits per heavy atom. The van der Waals surface area contributed by atoms with E-state index in [4.69, 9.17) is 16.6 Å². The number of hydrogen-bond acceptors (Lipinski definition) is 2. The Bertz CT molecular complexity index is 347. The van der Waals surface area contributed by atoms with Crippen LogP contribution in [0.25, 0.3) is 0 Å². The van der Waals surface area contributed by atoms with Crippen LogP contribution in [-0.2, 0) is 0 Å². The lowest BCUT2D eigenvalue weighted by atomic mass is 10.2. The van der Waals surface area contributed by atoms with E-state index in [0.717, 1.165) is 0 Å². The summed E-state index contributed by atoms with van der Waals surface area (Å²) in [7, 11) is 0. The highest BCUT2D eigenvalue weighted by Crippen LogP contribution is 2.12. The summed E-state index contributed by atoms with van der Waals surface area (Å²) in [5.41, 5.74) is 11.0. The first kappa shape index (κ1) is 16.0. The van der Waals surface area contributed by atoms with Crippen LogP contribution in [-0.4, -0.2) is 17.0 Å². The molecule has 0 amide bonds. The molecule has 0 radical (unpaired) electrons. The molecule has 0 aliphatic heterocycles. The minimum absolute atomic E-state index is 0. The third-order valence-electron chi connectivity index (χ3n) is 1.37. The molecule has 0 aliphatic rings. The number of carbonyl (C=O) groups is 1. The molecule has 0 spiro atoms. The molecule has 0 saturated carbocycles. The molecule has 84 valence electrons. The summed E-state index contributed by atoms with van der Waals surface area (Å²) in [4.78, 5) is 14.2. The lowest BCUT2D eigenvalue weighted by Gasteiger charge is -1.95. The monoisotopic (exact) mass is 251 g/mol. The van der Waals surface area contributed by atoms with Crippen molar-refractivity contribution in [3.63, 3.8) is 0 Å². The molecule has 0 fully saturated rings. The van der Waals surface area contributed by atoms with E-state index in [2.05, 4.69) is 4.99 Å². The van der Waals surface area contributed by atoms with E-state index in [9.17, 15) is 4.79 Å². The number of aliphatic imine (C=N–C) groups is 1. The van der Waals surface area contributed by atoms with Gasteiger partial charge in [-0.25, -0.2) is 9.79 Å². The topological polar surface area (TPSA) is 102 Å². The Morgan fingerprint density at radius 3 is 1.93 bits per heavy atom. The molecule has 0 unspecified atom stereocenters. The fourth-order valence-electron chi connectivity index (χ4n) is 0.828. The van der Waals surface area contributed by atoms with Crippen molar-refractivity contribution in [3.05, 3.63) is 29.8 Å². The predicted octanol–water partition coefficient (Wildman–Crippen LogP) is 1.13. The van der Waals surface area contributed by atoms with Crippen molar-refractivity contribution in [2.75, 3.05) is 0 Å². The van der Waals surface area contributed by atoms with Gasteiger partial charge in [0.15, 0.2) is 5.96 Å². The molecule has 1 rings (SSSR count). The zero-order valence-corrected chi connectivity index (χ0v) is 9.22. The van der Waals surface area contributed by atoms with Gasteiger partial charge in [-0.2, -0.15) is 0 Å². The summed E-state index contributed by atoms with van der Waals surface area (Å²) in [5, 5.41) is 8.57. The van der Waals surface area contributed by atoms with E-state index in [1.165, 1.54) is 24.3 Å². The first-order valence-electron chi connectivity index (χ1n) is 3.52. The molecule has 1 aromatic carbocycles. The van der Waals surface area contributed by atoms with Crippen molar-refractivity contribution >= 4 is 42.4 Å². The molecule has 5 nitrogen and oxygen atoms in total. The maximum atomic E-state index is 10.4. The number of aromatic carboxylic acids is 1. The molecule has 0 bridgehead atoms. The summed E-state index contributed by atoms with van der Waals surface area (Å²) >= 11 is 0. The molecular weight excluding hydrogens is 241 g/mol. The van der Waals surface area contributed by atoms with Crippen LogP contribution in [0.4, 0.5) is 5.69 Å². The van der Waals surface area contributed by atoms with Crippen LogP contribution in [0.5, 0.6) is 0 Å². The second kappa shape index (κ2) is 6.92. The summed E-state index contributed by atoms with van der Waals surface area (Å²) in [6, 6.07) is 5.93. The van der Waals surface area contributed by atoms with Crippen molar-refractivity contribution < 1.29 is 9.90 Å². The molecule has 0 saturated heterocycles. The Labute approximate surface area is 99.0 Å². The van der Waals surface area contributed by atoms with Gasteiger partial charge in [-0.3, -0.25) is 0 Å². The van der Waals surface area contributed by atoms with Crippen molar-refractivity contribution in [3.8, 4) is 0 Å². The Balaban J connectivity index is 0. The number of carboxylic acids is 1. The van der Waals surface area contributed by atoms with Gasteiger partial charge in [0, 0.05) is 0 Å². The van der Waals surface area contributed by atoms with Gasteiger partial charge in [0.25, 0.3) is 0 Å². The molecule has 0 atom stereocenters. The number of carboxylic acid groups (broad SMARTS) is 1. The second-order valence-corrected chi connectivity index (χ2v) is 2.39. The SMILES string of the molecule is Cl.Cl.NC(N)=Nc1ccc(C(=O)O)cc1. The maximum Gasteiger partial charge on any atom is 0.335 e. The fourth-order valence-corrected chi connectivity index (χ4v) is 0.828. The third-order valence-corrected chi connectivity index (χ3v) is 1.37. The molecular formula is C8H11Cl2N3O2. The molecule has 0 aromatic heterocycles. The van der Waals surface area contributed by atoms with Crippen LogP contribution in [0.3, 0.4) is 0 Å².